The van der Waals surface area contributed by atoms with Crippen LogP contribution in [0.2, 0.25) is 0 Å². The second-order valence-electron chi connectivity index (χ2n) is 19.9. The van der Waals surface area contributed by atoms with Gasteiger partial charge in [-0.1, -0.05) is 147 Å². The van der Waals surface area contributed by atoms with Crippen LogP contribution in [0, 0.1) is 0 Å². The number of rotatable bonds is 3. The summed E-state index contributed by atoms with van der Waals surface area (Å²) in [5.41, 5.74) is 21.8. The molecule has 0 amide bonds. The molecule has 0 aliphatic carbocycles. The summed E-state index contributed by atoms with van der Waals surface area (Å²) in [4.78, 5) is 7.75. The van der Waals surface area contributed by atoms with Gasteiger partial charge in [-0.05, 0) is 123 Å². The van der Waals surface area contributed by atoms with E-state index in [1.165, 1.54) is 130 Å². The van der Waals surface area contributed by atoms with Gasteiger partial charge in [-0.25, -0.2) is 0 Å². The zero-order chi connectivity index (χ0) is 46.0. The highest BCUT2D eigenvalue weighted by molar-refractivity contribution is 7.26. The maximum Gasteiger partial charge on any atom is 0.252 e. The summed E-state index contributed by atoms with van der Waals surface area (Å²) in [6.45, 7) is 4.91. The summed E-state index contributed by atoms with van der Waals surface area (Å²) in [6.07, 6.45) is 0. The van der Waals surface area contributed by atoms with Gasteiger partial charge in [0.1, 0.15) is 0 Å². The Balaban J connectivity index is 1.04. The molecule has 0 atom stereocenters. The fourth-order valence-electron chi connectivity index (χ4n) is 13.2. The molecule has 0 spiro atoms. The molecule has 6 heterocycles. The average Bonchev–Trinajstić information content (AvgIpc) is 3.99. The lowest BCUT2D eigenvalue weighted by Gasteiger charge is -2.48. The van der Waals surface area contributed by atoms with Crippen LogP contribution >= 0.6 is 22.7 Å². The van der Waals surface area contributed by atoms with Gasteiger partial charge in [-0.15, -0.1) is 22.7 Å². The fourth-order valence-corrected chi connectivity index (χ4v) is 15.5. The summed E-state index contributed by atoms with van der Waals surface area (Å²) in [5.74, 6) is 0. The van der Waals surface area contributed by atoms with Crippen molar-refractivity contribution in [1.82, 2.24) is 0 Å². The zero-order valence-corrected chi connectivity index (χ0v) is 40.2. The molecule has 0 saturated carbocycles. The van der Waals surface area contributed by atoms with Crippen molar-refractivity contribution in [3.63, 3.8) is 0 Å². The Morgan fingerprint density at radius 1 is 0.343 bits per heavy atom. The van der Waals surface area contributed by atoms with E-state index in [0.717, 1.165) is 5.69 Å². The van der Waals surface area contributed by atoms with Crippen LogP contribution in [-0.4, -0.2) is 13.4 Å². The minimum absolute atomic E-state index is 0.00606. The average molecular weight is 926 g/mol. The molecule has 0 saturated heterocycles. The minimum atomic E-state index is -0.313. The van der Waals surface area contributed by atoms with Gasteiger partial charge in [-0.2, -0.15) is 0 Å². The molecule has 0 fully saturated rings. The molecule has 3 nitrogen and oxygen atoms in total. The van der Waals surface area contributed by atoms with Gasteiger partial charge in [0.05, 0.1) is 11.4 Å². The molecular formula is C63H41B2N3S2. The number of hydrogen-bond donors (Lipinski definition) is 0. The zero-order valence-electron chi connectivity index (χ0n) is 38.5. The Kier molecular flexibility index (Phi) is 7.89. The van der Waals surface area contributed by atoms with Crippen LogP contribution in [0.3, 0.4) is 0 Å². The van der Waals surface area contributed by atoms with Crippen molar-refractivity contribution < 1.29 is 0 Å². The first-order valence-electron chi connectivity index (χ1n) is 24.4. The lowest BCUT2D eigenvalue weighted by atomic mass is 9.28. The standard InChI is InChI=1S/C63H41B2N3S2/c1-63(2)43-26-16-27-49-59(43)64(45-32-34-55-57(41-24-12-14-30-53(41)69-55)61(45)67(49)39-20-8-4-9-21-39)47-37-48-52(36-44(47)63)66(38-18-6-3-7-19-38)50-28-17-29-51-60(50)65(48)46-33-35-56-58(42-25-13-15-31-54(42)70-56)62(46)68(51)40-22-10-5-11-23-40/h3-37H,1-2H3. The van der Waals surface area contributed by atoms with E-state index in [4.69, 9.17) is 0 Å². The summed E-state index contributed by atoms with van der Waals surface area (Å²) in [6, 6.07) is 80.5. The molecule has 0 bridgehead atoms. The van der Waals surface area contributed by atoms with Gasteiger partial charge < -0.3 is 14.7 Å². The normalized spacial score (nSPS) is 14.7. The Morgan fingerprint density at radius 2 is 0.800 bits per heavy atom. The molecule has 2 aromatic heterocycles. The van der Waals surface area contributed by atoms with Crippen molar-refractivity contribution >= 4 is 160 Å². The van der Waals surface area contributed by atoms with Crippen molar-refractivity contribution in [1.29, 1.82) is 0 Å². The van der Waals surface area contributed by atoms with Gasteiger partial charge in [0.15, 0.2) is 0 Å². The largest absolute Gasteiger partial charge is 0.311 e. The third-order valence-electron chi connectivity index (χ3n) is 16.1. The van der Waals surface area contributed by atoms with Crippen LogP contribution in [-0.2, 0) is 5.41 Å². The molecule has 0 radical (unpaired) electrons. The van der Waals surface area contributed by atoms with E-state index in [1.807, 2.05) is 22.7 Å². The minimum Gasteiger partial charge on any atom is -0.311 e. The van der Waals surface area contributed by atoms with Crippen molar-refractivity contribution in [2.75, 3.05) is 14.7 Å². The molecule has 326 valence electrons. The molecule has 4 aliphatic heterocycles. The van der Waals surface area contributed by atoms with E-state index in [2.05, 4.69) is 241 Å². The molecule has 7 heteroatoms. The Morgan fingerprint density at radius 3 is 1.36 bits per heavy atom. The maximum absolute atomic E-state index is 2.69. The van der Waals surface area contributed by atoms with E-state index in [-0.39, 0.29) is 18.8 Å². The first-order chi connectivity index (χ1) is 34.5. The SMILES string of the molecule is CC1(C)c2cc3c(cc2B2c4ccc5sc6ccccc6c5c4N(c4ccccc4)c4cccc1c42)B1c2ccc4sc5ccccc5c4c2N(c2ccccc2)c2cccc(c21)N3c1ccccc1. The first kappa shape index (κ1) is 39.1. The Labute approximate surface area is 415 Å². The predicted molar refractivity (Wildman–Crippen MR) is 304 cm³/mol. The third kappa shape index (κ3) is 5.05. The molecule has 10 aromatic carbocycles. The van der Waals surface area contributed by atoms with Crippen LogP contribution < -0.4 is 47.5 Å². The highest BCUT2D eigenvalue weighted by Crippen LogP contribution is 2.51. The highest BCUT2D eigenvalue weighted by atomic mass is 32.1. The third-order valence-corrected chi connectivity index (χ3v) is 18.3. The second-order valence-corrected chi connectivity index (χ2v) is 22.1. The summed E-state index contributed by atoms with van der Waals surface area (Å²) in [5, 5.41) is 5.30. The lowest BCUT2D eigenvalue weighted by molar-refractivity contribution is 0.646. The molecule has 0 unspecified atom stereocenters. The van der Waals surface area contributed by atoms with E-state index in [0.29, 0.717) is 0 Å². The van der Waals surface area contributed by atoms with Gasteiger partial charge in [-0.3, -0.25) is 0 Å². The molecule has 16 rings (SSSR count). The van der Waals surface area contributed by atoms with Crippen LogP contribution in [0.5, 0.6) is 0 Å². The topological polar surface area (TPSA) is 9.72 Å². The number of nitrogens with zero attached hydrogens (tertiary/aromatic N) is 3. The van der Waals surface area contributed by atoms with Gasteiger partial charge in [0, 0.05) is 85.6 Å². The van der Waals surface area contributed by atoms with Crippen molar-refractivity contribution in [2.45, 2.75) is 19.3 Å². The molecule has 70 heavy (non-hydrogen) atoms. The molecule has 0 N–H and O–H groups in total. The van der Waals surface area contributed by atoms with Crippen molar-refractivity contribution in [2.24, 2.45) is 0 Å². The maximum atomic E-state index is 2.69. The monoisotopic (exact) mass is 925 g/mol. The molecule has 4 aliphatic rings. The van der Waals surface area contributed by atoms with Crippen LogP contribution in [0.25, 0.3) is 40.3 Å². The molecule has 12 aromatic rings. The fraction of sp³-hybridized carbons (Fsp3) is 0.0476. The van der Waals surface area contributed by atoms with Crippen LogP contribution in [0.4, 0.5) is 51.2 Å². The van der Waals surface area contributed by atoms with Crippen molar-refractivity contribution in [3.05, 3.63) is 223 Å². The van der Waals surface area contributed by atoms with E-state index in [9.17, 15) is 0 Å². The van der Waals surface area contributed by atoms with Crippen LogP contribution in [0.1, 0.15) is 25.0 Å². The number of thiophene rings is 2. The van der Waals surface area contributed by atoms with Crippen molar-refractivity contribution in [3.8, 4) is 0 Å². The Hall–Kier alpha value is -7.83. The van der Waals surface area contributed by atoms with Gasteiger partial charge in [0.2, 0.25) is 6.71 Å². The van der Waals surface area contributed by atoms with E-state index in [1.54, 1.807) is 0 Å². The first-order valence-corrected chi connectivity index (χ1v) is 26.0. The Bertz CT molecular complexity index is 4200. The number of anilines is 9. The predicted octanol–water partition coefficient (Wildman–Crippen LogP) is 13.4. The lowest BCUT2D eigenvalue weighted by Crippen LogP contribution is -2.67. The second kappa shape index (κ2) is 14.1. The number of fused-ring (bicyclic) bond motifs is 16. The van der Waals surface area contributed by atoms with E-state index < -0.39 is 0 Å². The summed E-state index contributed by atoms with van der Waals surface area (Å²) in [7, 11) is 0. The molecular weight excluding hydrogens is 884 g/mol. The summed E-state index contributed by atoms with van der Waals surface area (Å²) < 4.78 is 5.27. The number of benzene rings is 10. The van der Waals surface area contributed by atoms with Crippen LogP contribution in [0.15, 0.2) is 212 Å². The smallest absolute Gasteiger partial charge is 0.252 e. The quantitative estimate of drug-likeness (QED) is 0.164. The van der Waals surface area contributed by atoms with Gasteiger partial charge >= 0.3 is 0 Å². The number of para-hydroxylation sites is 3. The summed E-state index contributed by atoms with van der Waals surface area (Å²) >= 11 is 3.80. The van der Waals surface area contributed by atoms with E-state index >= 15 is 0 Å². The number of hydrogen-bond acceptors (Lipinski definition) is 5. The van der Waals surface area contributed by atoms with Gasteiger partial charge in [0.25, 0.3) is 6.71 Å². The highest BCUT2D eigenvalue weighted by Gasteiger charge is 2.50.